The largest absolute Gasteiger partial charge is 0.497 e. The van der Waals surface area contributed by atoms with Crippen molar-refractivity contribution in [3.8, 4) is 17.2 Å². The van der Waals surface area contributed by atoms with E-state index in [0.717, 1.165) is 16.7 Å². The van der Waals surface area contributed by atoms with E-state index in [-0.39, 0.29) is 11.0 Å². The maximum Gasteiger partial charge on any atom is 0.294 e. The molecule has 0 unspecified atom stereocenters. The summed E-state index contributed by atoms with van der Waals surface area (Å²) >= 11 is 7.15. The first-order valence-corrected chi connectivity index (χ1v) is 11.7. The van der Waals surface area contributed by atoms with Crippen molar-refractivity contribution in [1.29, 1.82) is 0 Å². The lowest BCUT2D eigenvalue weighted by Crippen LogP contribution is -2.36. The number of rotatable bonds is 9. The van der Waals surface area contributed by atoms with Gasteiger partial charge in [0.1, 0.15) is 12.3 Å². The Hall–Kier alpha value is -3.17. The number of ether oxygens (including phenoxy) is 3. The Bertz CT molecular complexity index is 1120. The third-order valence-electron chi connectivity index (χ3n) is 4.53. The van der Waals surface area contributed by atoms with Gasteiger partial charge in [-0.1, -0.05) is 11.6 Å². The monoisotopic (exact) mass is 504 g/mol. The number of methoxy groups -OCH3 is 1. The predicted octanol–water partition coefficient (Wildman–Crippen LogP) is 5.21. The summed E-state index contributed by atoms with van der Waals surface area (Å²) in [6.45, 7) is 5.58. The van der Waals surface area contributed by atoms with E-state index in [9.17, 15) is 14.4 Å². The highest BCUT2D eigenvalue weighted by Gasteiger charge is 2.36. The molecule has 2 aromatic carbocycles. The fraction of sp³-hybridized carbons (Fsp3) is 0.292. The molecule has 34 heavy (non-hydrogen) atoms. The third-order valence-corrected chi connectivity index (χ3v) is 5.72. The minimum absolute atomic E-state index is 0.108. The van der Waals surface area contributed by atoms with Gasteiger partial charge >= 0.3 is 0 Å². The number of benzene rings is 2. The Morgan fingerprint density at radius 3 is 2.53 bits per heavy atom. The molecule has 1 aliphatic heterocycles. The fourth-order valence-electron chi connectivity index (χ4n) is 3.09. The molecule has 1 heterocycles. The fourth-order valence-corrected chi connectivity index (χ4v) is 4.19. The van der Waals surface area contributed by atoms with Crippen LogP contribution in [0.15, 0.2) is 41.3 Å². The van der Waals surface area contributed by atoms with Gasteiger partial charge in [-0.2, -0.15) is 0 Å². The van der Waals surface area contributed by atoms with E-state index in [0.29, 0.717) is 40.1 Å². The Balaban J connectivity index is 1.75. The van der Waals surface area contributed by atoms with Gasteiger partial charge < -0.3 is 19.5 Å². The van der Waals surface area contributed by atoms with Gasteiger partial charge in [-0.15, -0.1) is 0 Å². The van der Waals surface area contributed by atoms with Gasteiger partial charge in [-0.25, -0.2) is 0 Å². The Labute approximate surface area is 207 Å². The van der Waals surface area contributed by atoms with Gasteiger partial charge in [-0.05, 0) is 80.6 Å². The van der Waals surface area contributed by atoms with Crippen molar-refractivity contribution in [3.05, 3.63) is 51.9 Å². The molecule has 10 heteroatoms. The van der Waals surface area contributed by atoms with Crippen LogP contribution in [0, 0.1) is 0 Å². The number of amides is 3. The average Bonchev–Trinajstić information content (AvgIpc) is 3.04. The molecule has 3 rings (SSSR count). The van der Waals surface area contributed by atoms with Gasteiger partial charge in [0.15, 0.2) is 11.5 Å². The molecule has 0 aliphatic carbocycles. The van der Waals surface area contributed by atoms with Gasteiger partial charge in [0, 0.05) is 5.69 Å². The quantitative estimate of drug-likeness (QED) is 0.468. The molecule has 0 saturated carbocycles. The smallest absolute Gasteiger partial charge is 0.294 e. The molecule has 0 aromatic heterocycles. The second-order valence-electron chi connectivity index (χ2n) is 7.47. The lowest BCUT2D eigenvalue weighted by atomic mass is 10.1. The first-order chi connectivity index (χ1) is 16.2. The summed E-state index contributed by atoms with van der Waals surface area (Å²) in [5.74, 6) is 0.444. The summed E-state index contributed by atoms with van der Waals surface area (Å²) in [6, 6.07) is 10.0. The number of hydrogen-bond donors (Lipinski definition) is 1. The van der Waals surface area contributed by atoms with Crippen LogP contribution in [0.25, 0.3) is 6.08 Å². The minimum atomic E-state index is -0.559. The number of anilines is 1. The van der Waals surface area contributed by atoms with E-state index >= 15 is 0 Å². The SMILES string of the molecule is CCOc1cc(/C=C2/SC(=O)N(CC(=O)Nc3ccc(OC)cc3)C2=O)cc(Cl)c1OC(C)C. The molecule has 0 bridgehead atoms. The lowest BCUT2D eigenvalue weighted by molar-refractivity contribution is -0.127. The van der Waals surface area contributed by atoms with E-state index in [1.807, 2.05) is 20.8 Å². The van der Waals surface area contributed by atoms with Crippen molar-refractivity contribution < 1.29 is 28.6 Å². The highest BCUT2D eigenvalue weighted by atomic mass is 35.5. The van der Waals surface area contributed by atoms with E-state index in [2.05, 4.69) is 5.32 Å². The molecule has 180 valence electrons. The summed E-state index contributed by atoms with van der Waals surface area (Å²) in [4.78, 5) is 38.7. The zero-order valence-electron chi connectivity index (χ0n) is 19.2. The van der Waals surface area contributed by atoms with Crippen LogP contribution in [-0.4, -0.2) is 48.3 Å². The molecule has 3 amide bonds. The molecular formula is C24H25ClN2O6S. The highest BCUT2D eigenvalue weighted by molar-refractivity contribution is 8.18. The Morgan fingerprint density at radius 1 is 1.21 bits per heavy atom. The van der Waals surface area contributed by atoms with Crippen molar-refractivity contribution in [2.24, 2.45) is 0 Å². The summed E-state index contributed by atoms with van der Waals surface area (Å²) in [7, 11) is 1.54. The molecule has 0 spiro atoms. The van der Waals surface area contributed by atoms with Gasteiger partial charge in [0.25, 0.3) is 11.1 Å². The van der Waals surface area contributed by atoms with Crippen molar-refractivity contribution in [2.45, 2.75) is 26.9 Å². The lowest BCUT2D eigenvalue weighted by Gasteiger charge is -2.16. The second kappa shape index (κ2) is 11.3. The minimum Gasteiger partial charge on any atom is -0.497 e. The number of hydrogen-bond acceptors (Lipinski definition) is 7. The van der Waals surface area contributed by atoms with Crippen LogP contribution in [0.5, 0.6) is 17.2 Å². The summed E-state index contributed by atoms with van der Waals surface area (Å²) in [5.41, 5.74) is 1.09. The first kappa shape index (κ1) is 25.5. The van der Waals surface area contributed by atoms with E-state index < -0.39 is 23.6 Å². The van der Waals surface area contributed by atoms with E-state index in [1.165, 1.54) is 0 Å². The van der Waals surface area contributed by atoms with Crippen LogP contribution in [0.3, 0.4) is 0 Å². The predicted molar refractivity (Wildman–Crippen MR) is 133 cm³/mol. The van der Waals surface area contributed by atoms with Crippen molar-refractivity contribution in [2.75, 3.05) is 25.6 Å². The van der Waals surface area contributed by atoms with Crippen LogP contribution in [-0.2, 0) is 9.59 Å². The Morgan fingerprint density at radius 2 is 1.91 bits per heavy atom. The van der Waals surface area contributed by atoms with E-state index in [1.54, 1.807) is 49.6 Å². The molecule has 2 aromatic rings. The highest BCUT2D eigenvalue weighted by Crippen LogP contribution is 2.39. The van der Waals surface area contributed by atoms with Crippen LogP contribution in [0.4, 0.5) is 10.5 Å². The summed E-state index contributed by atoms with van der Waals surface area (Å²) in [5, 5.41) is 2.45. The second-order valence-corrected chi connectivity index (χ2v) is 8.87. The van der Waals surface area contributed by atoms with Crippen molar-refractivity contribution >= 4 is 52.2 Å². The summed E-state index contributed by atoms with van der Waals surface area (Å²) in [6.07, 6.45) is 1.43. The number of carbonyl (C=O) groups is 3. The average molecular weight is 505 g/mol. The molecule has 1 aliphatic rings. The molecule has 1 saturated heterocycles. The Kier molecular flexibility index (Phi) is 8.46. The van der Waals surface area contributed by atoms with Crippen LogP contribution in [0.1, 0.15) is 26.3 Å². The zero-order valence-corrected chi connectivity index (χ0v) is 20.8. The molecule has 0 radical (unpaired) electrons. The zero-order chi connectivity index (χ0) is 24.8. The van der Waals surface area contributed by atoms with Crippen molar-refractivity contribution in [3.63, 3.8) is 0 Å². The third kappa shape index (κ3) is 6.24. The number of nitrogens with zero attached hydrogens (tertiary/aromatic N) is 1. The first-order valence-electron chi connectivity index (χ1n) is 10.5. The van der Waals surface area contributed by atoms with Gasteiger partial charge in [0.2, 0.25) is 5.91 Å². The molecular weight excluding hydrogens is 480 g/mol. The summed E-state index contributed by atoms with van der Waals surface area (Å²) < 4.78 is 16.5. The van der Waals surface area contributed by atoms with Crippen LogP contribution >= 0.6 is 23.4 Å². The number of carbonyl (C=O) groups excluding carboxylic acids is 3. The maximum atomic E-state index is 12.8. The van der Waals surface area contributed by atoms with Gasteiger partial charge in [0.05, 0.1) is 29.7 Å². The van der Waals surface area contributed by atoms with Crippen LogP contribution < -0.4 is 19.5 Å². The van der Waals surface area contributed by atoms with Crippen LogP contribution in [0.2, 0.25) is 5.02 Å². The number of nitrogens with one attached hydrogen (secondary N) is 1. The molecule has 0 atom stereocenters. The number of halogens is 1. The van der Waals surface area contributed by atoms with Gasteiger partial charge in [-0.3, -0.25) is 19.3 Å². The number of thioether (sulfide) groups is 1. The molecule has 8 nitrogen and oxygen atoms in total. The molecule has 1 fully saturated rings. The number of imide groups is 1. The van der Waals surface area contributed by atoms with Crippen molar-refractivity contribution in [1.82, 2.24) is 4.90 Å². The molecule has 1 N–H and O–H groups in total. The maximum absolute atomic E-state index is 12.8. The van der Waals surface area contributed by atoms with E-state index in [4.69, 9.17) is 25.8 Å². The normalized spacial score (nSPS) is 14.6. The topological polar surface area (TPSA) is 94.2 Å². The standard InChI is InChI=1S/C24H25ClN2O6S/c1-5-32-19-11-15(10-18(25)22(19)33-14(2)3)12-20-23(29)27(24(30)34-20)13-21(28)26-16-6-8-17(31-4)9-7-16/h6-12,14H,5,13H2,1-4H3,(H,26,28)/b20-12+.